The lowest BCUT2D eigenvalue weighted by atomic mass is 9.90. The lowest BCUT2D eigenvalue weighted by Gasteiger charge is -2.39. The smallest absolute Gasteiger partial charge is 0.250 e. The predicted octanol–water partition coefficient (Wildman–Crippen LogP) is 3.21. The molecule has 1 aromatic carbocycles. The zero-order valence-corrected chi connectivity index (χ0v) is 16.4. The quantitative estimate of drug-likeness (QED) is 0.854. The van der Waals surface area contributed by atoms with Crippen LogP contribution >= 0.6 is 0 Å². The van der Waals surface area contributed by atoms with Crippen LogP contribution < -0.4 is 10.9 Å². The number of aromatic amines is 1. The molecule has 1 atom stereocenters. The van der Waals surface area contributed by atoms with E-state index in [-0.39, 0.29) is 17.4 Å². The van der Waals surface area contributed by atoms with Crippen LogP contribution in [-0.4, -0.2) is 39.4 Å². The number of hydrogen-bond acceptors (Lipinski definition) is 4. The summed E-state index contributed by atoms with van der Waals surface area (Å²) in [6, 6.07) is 9.83. The van der Waals surface area contributed by atoms with Crippen LogP contribution in [0.15, 0.2) is 41.5 Å². The third-order valence-electron chi connectivity index (χ3n) is 6.13. The molecule has 148 valence electrons. The molecule has 1 aromatic heterocycles. The Hall–Kier alpha value is -2.63. The molecule has 1 aliphatic heterocycles. The van der Waals surface area contributed by atoms with E-state index in [9.17, 15) is 9.59 Å². The zero-order chi connectivity index (χ0) is 19.6. The molecule has 2 heterocycles. The van der Waals surface area contributed by atoms with Crippen molar-refractivity contribution in [2.24, 2.45) is 0 Å². The van der Waals surface area contributed by atoms with Crippen molar-refractivity contribution in [3.05, 3.63) is 58.3 Å². The Morgan fingerprint density at radius 2 is 1.96 bits per heavy atom. The fraction of sp³-hybridized carbons (Fsp3) is 0.500. The topological polar surface area (TPSA) is 78.1 Å². The number of anilines is 1. The number of nitrogens with one attached hydrogen (secondary N) is 2. The van der Waals surface area contributed by atoms with E-state index >= 15 is 0 Å². The van der Waals surface area contributed by atoms with Gasteiger partial charge in [0, 0.05) is 30.8 Å². The van der Waals surface area contributed by atoms with Crippen molar-refractivity contribution >= 4 is 11.6 Å². The first-order valence-electron chi connectivity index (χ1n) is 10.2. The van der Waals surface area contributed by atoms with Gasteiger partial charge in [0.15, 0.2) is 0 Å². The van der Waals surface area contributed by atoms with Crippen LogP contribution in [0.2, 0.25) is 0 Å². The van der Waals surface area contributed by atoms with Gasteiger partial charge in [-0.3, -0.25) is 9.59 Å². The predicted molar refractivity (Wildman–Crippen MR) is 109 cm³/mol. The Kier molecular flexibility index (Phi) is 5.20. The standard InChI is InChI=1S/C22H28N4O2/c1-16-6-8-18(9-7-16)25-22(10-2-3-11-22)21(28)26-12-4-5-17(14-26)19-13-20(27)24-15-23-19/h6-9,13,15,17,25H,2-5,10-12,14H2,1H3,(H,23,24,27)/t17-/m1/s1. The normalized spacial score (nSPS) is 21.5. The van der Waals surface area contributed by atoms with Crippen molar-refractivity contribution in [3.63, 3.8) is 0 Å². The molecule has 0 spiro atoms. The van der Waals surface area contributed by atoms with Crippen LogP contribution in [0.5, 0.6) is 0 Å². The highest BCUT2D eigenvalue weighted by atomic mass is 16.2. The van der Waals surface area contributed by atoms with Crippen molar-refractivity contribution in [1.82, 2.24) is 14.9 Å². The van der Waals surface area contributed by atoms with E-state index in [1.165, 1.54) is 11.9 Å². The van der Waals surface area contributed by atoms with E-state index in [1.54, 1.807) is 6.07 Å². The largest absolute Gasteiger partial charge is 0.371 e. The summed E-state index contributed by atoms with van der Waals surface area (Å²) in [5.74, 6) is 0.318. The summed E-state index contributed by atoms with van der Waals surface area (Å²) in [6.45, 7) is 3.47. The second kappa shape index (κ2) is 7.78. The number of likely N-dealkylation sites (tertiary alicyclic amines) is 1. The Morgan fingerprint density at radius 1 is 1.21 bits per heavy atom. The third kappa shape index (κ3) is 3.81. The van der Waals surface area contributed by atoms with Crippen LogP contribution in [0.3, 0.4) is 0 Å². The Labute approximate surface area is 165 Å². The maximum Gasteiger partial charge on any atom is 0.250 e. The molecule has 2 fully saturated rings. The molecule has 2 aromatic rings. The van der Waals surface area contributed by atoms with E-state index in [1.807, 2.05) is 4.90 Å². The monoisotopic (exact) mass is 380 g/mol. The summed E-state index contributed by atoms with van der Waals surface area (Å²) >= 11 is 0. The fourth-order valence-electron chi connectivity index (χ4n) is 4.60. The average Bonchev–Trinajstić information content (AvgIpc) is 3.19. The van der Waals surface area contributed by atoms with Gasteiger partial charge < -0.3 is 15.2 Å². The molecule has 0 unspecified atom stereocenters. The molecular formula is C22H28N4O2. The van der Waals surface area contributed by atoms with Gasteiger partial charge in [0.2, 0.25) is 5.91 Å². The molecule has 2 aliphatic rings. The summed E-state index contributed by atoms with van der Waals surface area (Å²) in [5, 5.41) is 3.58. The van der Waals surface area contributed by atoms with Crippen molar-refractivity contribution in [3.8, 4) is 0 Å². The number of H-pyrrole nitrogens is 1. The van der Waals surface area contributed by atoms with Gasteiger partial charge in [-0.2, -0.15) is 0 Å². The van der Waals surface area contributed by atoms with E-state index in [4.69, 9.17) is 0 Å². The molecule has 0 bridgehead atoms. The average molecular weight is 380 g/mol. The summed E-state index contributed by atoms with van der Waals surface area (Å²) in [5.41, 5.74) is 2.35. The number of carbonyl (C=O) groups excluding carboxylic acids is 1. The number of aryl methyl sites for hydroxylation is 1. The Bertz CT molecular complexity index is 884. The minimum absolute atomic E-state index is 0.123. The molecule has 1 aliphatic carbocycles. The number of carbonyl (C=O) groups is 1. The van der Waals surface area contributed by atoms with Gasteiger partial charge in [-0.1, -0.05) is 30.5 Å². The lowest BCUT2D eigenvalue weighted by Crippen LogP contribution is -2.54. The van der Waals surface area contributed by atoms with E-state index < -0.39 is 5.54 Å². The molecular weight excluding hydrogens is 352 g/mol. The maximum atomic E-state index is 13.6. The highest BCUT2D eigenvalue weighted by molar-refractivity contribution is 5.90. The first-order valence-corrected chi connectivity index (χ1v) is 10.2. The molecule has 4 rings (SSSR count). The second-order valence-electron chi connectivity index (χ2n) is 8.21. The maximum absolute atomic E-state index is 13.6. The van der Waals surface area contributed by atoms with Crippen molar-refractivity contribution in [2.75, 3.05) is 18.4 Å². The van der Waals surface area contributed by atoms with Gasteiger partial charge in [-0.25, -0.2) is 4.98 Å². The summed E-state index contributed by atoms with van der Waals surface area (Å²) in [7, 11) is 0. The van der Waals surface area contributed by atoms with E-state index in [0.717, 1.165) is 56.5 Å². The minimum Gasteiger partial charge on any atom is -0.371 e. The highest BCUT2D eigenvalue weighted by Gasteiger charge is 2.44. The van der Waals surface area contributed by atoms with Crippen LogP contribution in [0.1, 0.15) is 55.7 Å². The number of nitrogens with zero attached hydrogens (tertiary/aromatic N) is 2. The van der Waals surface area contributed by atoms with E-state index in [2.05, 4.69) is 46.5 Å². The number of piperidine rings is 1. The van der Waals surface area contributed by atoms with Crippen molar-refractivity contribution < 1.29 is 4.79 Å². The molecule has 6 nitrogen and oxygen atoms in total. The van der Waals surface area contributed by atoms with Gasteiger partial charge >= 0.3 is 0 Å². The number of amides is 1. The number of hydrogen-bond donors (Lipinski definition) is 2. The highest BCUT2D eigenvalue weighted by Crippen LogP contribution is 2.36. The second-order valence-corrected chi connectivity index (χ2v) is 8.21. The first-order chi connectivity index (χ1) is 13.6. The fourth-order valence-corrected chi connectivity index (χ4v) is 4.60. The molecule has 2 N–H and O–H groups in total. The zero-order valence-electron chi connectivity index (χ0n) is 16.4. The summed E-state index contributed by atoms with van der Waals surface area (Å²) in [6.07, 6.45) is 7.21. The molecule has 6 heteroatoms. The van der Waals surface area contributed by atoms with Crippen LogP contribution in [0, 0.1) is 6.92 Å². The lowest BCUT2D eigenvalue weighted by molar-refractivity contribution is -0.137. The van der Waals surface area contributed by atoms with Gasteiger partial charge in [0.25, 0.3) is 5.56 Å². The molecule has 28 heavy (non-hydrogen) atoms. The SMILES string of the molecule is Cc1ccc(NC2(C(=O)N3CCC[C@@H](c4cc(=O)[nH]cn4)C3)CCCC2)cc1. The molecule has 1 saturated carbocycles. The molecule has 0 radical (unpaired) electrons. The van der Waals surface area contributed by atoms with Crippen LogP contribution in [0.25, 0.3) is 0 Å². The number of rotatable bonds is 4. The number of benzene rings is 1. The minimum atomic E-state index is -0.515. The number of aromatic nitrogens is 2. The Morgan fingerprint density at radius 3 is 2.68 bits per heavy atom. The van der Waals surface area contributed by atoms with E-state index in [0.29, 0.717) is 6.54 Å². The molecule has 1 amide bonds. The Balaban J connectivity index is 1.53. The summed E-state index contributed by atoms with van der Waals surface area (Å²) in [4.78, 5) is 34.2. The van der Waals surface area contributed by atoms with Crippen molar-refractivity contribution in [2.45, 2.75) is 56.9 Å². The van der Waals surface area contributed by atoms with Gasteiger partial charge in [0.05, 0.1) is 12.0 Å². The van der Waals surface area contributed by atoms with Gasteiger partial charge in [-0.05, 0) is 44.7 Å². The van der Waals surface area contributed by atoms with Gasteiger partial charge in [-0.15, -0.1) is 0 Å². The third-order valence-corrected chi connectivity index (χ3v) is 6.13. The first kappa shape index (κ1) is 18.7. The molecule has 1 saturated heterocycles. The van der Waals surface area contributed by atoms with Crippen LogP contribution in [-0.2, 0) is 4.79 Å². The van der Waals surface area contributed by atoms with Crippen LogP contribution in [0.4, 0.5) is 5.69 Å². The summed E-state index contributed by atoms with van der Waals surface area (Å²) < 4.78 is 0. The van der Waals surface area contributed by atoms with Gasteiger partial charge in [0.1, 0.15) is 5.54 Å². The van der Waals surface area contributed by atoms with Crippen molar-refractivity contribution in [1.29, 1.82) is 0 Å².